The Morgan fingerprint density at radius 2 is 0.938 bits per heavy atom. The molecule has 8 heteroatoms. The molecule has 248 valence electrons. The molecular formula is C40H45N4O3P. The lowest BCUT2D eigenvalue weighted by molar-refractivity contribution is -0.0408. The highest BCUT2D eigenvalue weighted by atomic mass is 31.2. The molecule has 0 radical (unpaired) electrons. The maximum absolute atomic E-state index is 12.3. The van der Waals surface area contributed by atoms with Gasteiger partial charge in [0.1, 0.15) is 5.75 Å². The number of nitrogens with one attached hydrogen (secondary N) is 2. The molecular weight excluding hydrogens is 615 g/mol. The van der Waals surface area contributed by atoms with E-state index < -0.39 is 32.7 Å². The van der Waals surface area contributed by atoms with E-state index in [1.54, 1.807) is 0 Å². The number of hydrogen-bond donors (Lipinski definition) is 4. The predicted octanol–water partition coefficient (Wildman–Crippen LogP) is 7.34. The number of hydrogen-bond acceptors (Lipinski definition) is 7. The zero-order valence-corrected chi connectivity index (χ0v) is 28.5. The van der Waals surface area contributed by atoms with Gasteiger partial charge in [0.05, 0.1) is 24.3 Å². The molecule has 48 heavy (non-hydrogen) atoms. The molecule has 1 aliphatic heterocycles. The Morgan fingerprint density at radius 1 is 0.542 bits per heavy atom. The monoisotopic (exact) mass is 660 g/mol. The van der Waals surface area contributed by atoms with Crippen molar-refractivity contribution in [3.05, 3.63) is 162 Å². The number of rotatable bonds is 12. The molecule has 6 rings (SSSR count). The molecule has 4 atom stereocenters. The number of aliphatic hydroxyl groups is 2. The highest BCUT2D eigenvalue weighted by molar-refractivity contribution is 7.47. The summed E-state index contributed by atoms with van der Waals surface area (Å²) in [5, 5.41) is 31.2. The van der Waals surface area contributed by atoms with E-state index in [0.29, 0.717) is 25.9 Å². The van der Waals surface area contributed by atoms with Gasteiger partial charge in [0, 0.05) is 38.6 Å². The molecule has 5 aromatic rings. The van der Waals surface area contributed by atoms with Gasteiger partial charge in [0.25, 0.3) is 0 Å². The van der Waals surface area contributed by atoms with Crippen molar-refractivity contribution in [2.24, 2.45) is 0 Å². The summed E-state index contributed by atoms with van der Waals surface area (Å²) >= 11 is 0. The Morgan fingerprint density at radius 3 is 1.35 bits per heavy atom. The summed E-state index contributed by atoms with van der Waals surface area (Å²) in [5.41, 5.74) is 6.38. The van der Waals surface area contributed by atoms with Crippen LogP contribution in [0, 0.1) is 0 Å². The van der Waals surface area contributed by atoms with Crippen LogP contribution in [0.1, 0.15) is 22.3 Å². The van der Waals surface area contributed by atoms with Crippen LogP contribution in [0.4, 0.5) is 11.4 Å². The summed E-state index contributed by atoms with van der Waals surface area (Å²) in [6.45, 7) is 1.03. The van der Waals surface area contributed by atoms with Gasteiger partial charge in [-0.15, -0.1) is 0 Å². The second kappa shape index (κ2) is 16.2. The predicted molar refractivity (Wildman–Crippen MR) is 197 cm³/mol. The molecule has 1 aliphatic rings. The number of aliphatic hydroxyl groups excluding tert-OH is 2. The van der Waals surface area contributed by atoms with Gasteiger partial charge < -0.3 is 25.4 Å². The summed E-state index contributed by atoms with van der Waals surface area (Å²) in [6, 6.07) is 46.2. The third-order valence-electron chi connectivity index (χ3n) is 8.97. The number of benzene rings is 5. The van der Waals surface area contributed by atoms with E-state index in [2.05, 4.69) is 80.6 Å². The fourth-order valence-corrected chi connectivity index (χ4v) is 8.76. The lowest BCUT2D eigenvalue weighted by Gasteiger charge is -2.41. The molecule has 4 N–H and O–H groups in total. The Kier molecular flexibility index (Phi) is 11.4. The first-order valence-electron chi connectivity index (χ1n) is 16.6. The summed E-state index contributed by atoms with van der Waals surface area (Å²) in [4.78, 5) is 0. The smallest absolute Gasteiger partial charge is 0.249 e. The fourth-order valence-electron chi connectivity index (χ4n) is 6.43. The van der Waals surface area contributed by atoms with E-state index in [0.717, 1.165) is 39.4 Å². The topological polar surface area (TPSA) is 80.2 Å². The average molecular weight is 661 g/mol. The Balaban J connectivity index is 1.53. The van der Waals surface area contributed by atoms with Crippen molar-refractivity contribution in [1.29, 1.82) is 0 Å². The third-order valence-corrected chi connectivity index (χ3v) is 11.1. The third kappa shape index (κ3) is 8.24. The van der Waals surface area contributed by atoms with Crippen molar-refractivity contribution in [2.75, 3.05) is 24.7 Å². The molecule has 0 saturated carbocycles. The van der Waals surface area contributed by atoms with Crippen LogP contribution >= 0.6 is 8.45 Å². The molecule has 0 amide bonds. The highest BCUT2D eigenvalue weighted by Gasteiger charge is 2.49. The SMILES string of the molecule is CNc1cccc(CN2[C@@H](Cc3ccccc3)[C@@H](O)[C@H](O)[C@H](Cc3ccccc3)N(Cc3cccc(NC)c3)P2Oc2ccccc2)c1. The normalized spacial score (nSPS) is 21.7. The maximum Gasteiger partial charge on any atom is 0.249 e. The standard InChI is InChI=1S/C40H45N4O3P/c1-41-34-20-12-18-32(24-34)28-43-37(26-30-14-6-3-7-15-30)39(45)40(46)38(27-31-16-8-4-9-17-31)44(29-33-19-13-21-35(25-33)42-2)48(43)47-36-22-10-5-11-23-36/h3-25,37-42,45-46H,26-29H2,1-2H3/t37-,38-,39+,40+/m0/s1. The molecule has 0 aliphatic carbocycles. The first kappa shape index (κ1) is 33.7. The summed E-state index contributed by atoms with van der Waals surface area (Å²) in [7, 11) is 2.25. The first-order chi connectivity index (χ1) is 23.5. The second-order valence-corrected chi connectivity index (χ2v) is 14.0. The number of nitrogens with zero attached hydrogens (tertiary/aromatic N) is 2. The van der Waals surface area contributed by atoms with Crippen molar-refractivity contribution in [1.82, 2.24) is 9.34 Å². The second-order valence-electron chi connectivity index (χ2n) is 12.2. The quantitative estimate of drug-likeness (QED) is 0.104. The molecule has 1 saturated heterocycles. The van der Waals surface area contributed by atoms with E-state index in [4.69, 9.17) is 4.52 Å². The first-order valence-corrected chi connectivity index (χ1v) is 17.7. The molecule has 0 bridgehead atoms. The maximum atomic E-state index is 12.3. The van der Waals surface area contributed by atoms with Gasteiger partial charge in [0.15, 0.2) is 0 Å². The van der Waals surface area contributed by atoms with E-state index in [1.165, 1.54) is 0 Å². The molecule has 1 heterocycles. The van der Waals surface area contributed by atoms with E-state index in [-0.39, 0.29) is 0 Å². The minimum absolute atomic E-state index is 0.442. The Hall–Kier alpha value is -4.23. The van der Waals surface area contributed by atoms with Crippen LogP contribution in [0.5, 0.6) is 5.75 Å². The van der Waals surface area contributed by atoms with Gasteiger partial charge in [-0.25, -0.2) is 9.34 Å². The van der Waals surface area contributed by atoms with Gasteiger partial charge in [-0.3, -0.25) is 0 Å². The van der Waals surface area contributed by atoms with Gasteiger partial charge in [0.2, 0.25) is 8.45 Å². The molecule has 0 unspecified atom stereocenters. The fraction of sp³-hybridized carbons (Fsp3) is 0.250. The van der Waals surface area contributed by atoms with Crippen molar-refractivity contribution in [3.8, 4) is 5.75 Å². The highest BCUT2D eigenvalue weighted by Crippen LogP contribution is 2.54. The van der Waals surface area contributed by atoms with Crippen LogP contribution in [-0.2, 0) is 25.9 Å². The van der Waals surface area contributed by atoms with Crippen LogP contribution in [0.3, 0.4) is 0 Å². The lowest BCUT2D eigenvalue weighted by atomic mass is 9.91. The average Bonchev–Trinajstić information content (AvgIpc) is 3.20. The number of para-hydroxylation sites is 1. The molecule has 7 nitrogen and oxygen atoms in total. The van der Waals surface area contributed by atoms with Crippen LogP contribution in [-0.4, -0.2) is 57.9 Å². The summed E-state index contributed by atoms with van der Waals surface area (Å²) in [5.74, 6) is 0.745. The van der Waals surface area contributed by atoms with Crippen molar-refractivity contribution in [3.63, 3.8) is 0 Å². The van der Waals surface area contributed by atoms with Gasteiger partial charge in [-0.2, -0.15) is 0 Å². The molecule has 1 fully saturated rings. The van der Waals surface area contributed by atoms with Crippen molar-refractivity contribution < 1.29 is 14.7 Å². The Bertz CT molecular complexity index is 1610. The lowest BCUT2D eigenvalue weighted by Crippen LogP contribution is -2.50. The Labute approximate surface area is 285 Å². The summed E-state index contributed by atoms with van der Waals surface area (Å²) < 4.78 is 11.7. The molecule has 5 aromatic carbocycles. The van der Waals surface area contributed by atoms with Crippen LogP contribution in [0.2, 0.25) is 0 Å². The zero-order chi connectivity index (χ0) is 33.3. The summed E-state index contributed by atoms with van der Waals surface area (Å²) in [6.07, 6.45) is -1.01. The van der Waals surface area contributed by atoms with E-state index in [9.17, 15) is 10.2 Å². The van der Waals surface area contributed by atoms with Gasteiger partial charge >= 0.3 is 0 Å². The van der Waals surface area contributed by atoms with Crippen molar-refractivity contribution in [2.45, 2.75) is 50.2 Å². The van der Waals surface area contributed by atoms with E-state index >= 15 is 0 Å². The van der Waals surface area contributed by atoms with Crippen molar-refractivity contribution >= 4 is 19.8 Å². The number of anilines is 2. The zero-order valence-electron chi connectivity index (χ0n) is 27.6. The van der Waals surface area contributed by atoms with Crippen LogP contribution in [0.25, 0.3) is 0 Å². The van der Waals surface area contributed by atoms with E-state index in [1.807, 2.05) is 93.0 Å². The molecule has 0 aromatic heterocycles. The van der Waals surface area contributed by atoms with Crippen LogP contribution < -0.4 is 15.2 Å². The van der Waals surface area contributed by atoms with Gasteiger partial charge in [-0.1, -0.05) is 103 Å². The molecule has 0 spiro atoms. The minimum Gasteiger partial charge on any atom is -0.444 e. The van der Waals surface area contributed by atoms with Gasteiger partial charge in [-0.05, 0) is 71.5 Å². The largest absolute Gasteiger partial charge is 0.444 e. The minimum atomic E-state index is -1.60. The van der Waals surface area contributed by atoms with Crippen LogP contribution in [0.15, 0.2) is 140 Å².